The first-order chi connectivity index (χ1) is 14.1. The van der Waals surface area contributed by atoms with Gasteiger partial charge in [-0.1, -0.05) is 48.2 Å². The first kappa shape index (κ1) is 19.7. The molecule has 3 aromatic rings. The van der Waals surface area contributed by atoms with Gasteiger partial charge in [-0.25, -0.2) is 0 Å². The normalized spacial score (nSPS) is 14.8. The molecule has 0 radical (unpaired) electrons. The van der Waals surface area contributed by atoms with Crippen LogP contribution in [-0.2, 0) is 6.42 Å². The lowest BCUT2D eigenvalue weighted by molar-refractivity contribution is 0.0599. The highest BCUT2D eigenvalue weighted by molar-refractivity contribution is 6.31. The first-order valence-electron chi connectivity index (χ1n) is 10.1. The van der Waals surface area contributed by atoms with Gasteiger partial charge in [-0.3, -0.25) is 4.79 Å². The third-order valence-electron chi connectivity index (χ3n) is 5.47. The van der Waals surface area contributed by atoms with Crippen LogP contribution in [0.1, 0.15) is 54.1 Å². The molecule has 1 aliphatic carbocycles. The molecule has 4 rings (SSSR count). The minimum atomic E-state index is -0.0769. The van der Waals surface area contributed by atoms with Crippen LogP contribution in [0.4, 0.5) is 0 Å². The van der Waals surface area contributed by atoms with Gasteiger partial charge in [0.2, 0.25) is 11.7 Å². The topological polar surface area (TPSA) is 72.4 Å². The molecule has 0 aliphatic heterocycles. The van der Waals surface area contributed by atoms with Gasteiger partial charge in [0, 0.05) is 29.6 Å². The third kappa shape index (κ3) is 4.53. The summed E-state index contributed by atoms with van der Waals surface area (Å²) in [6, 6.07) is 9.36. The molecule has 1 fully saturated rings. The lowest BCUT2D eigenvalue weighted by Crippen LogP contribution is -2.42. The molecule has 0 saturated heterocycles. The fraction of sp³-hybridized carbons (Fsp3) is 0.409. The van der Waals surface area contributed by atoms with E-state index in [-0.39, 0.29) is 11.9 Å². The smallest absolute Gasteiger partial charge is 0.289 e. The maximum atomic E-state index is 13.0. The van der Waals surface area contributed by atoms with E-state index in [0.29, 0.717) is 35.5 Å². The number of nitrogens with zero attached hydrogens (tertiary/aromatic N) is 3. The van der Waals surface area contributed by atoms with Crippen molar-refractivity contribution < 1.29 is 13.7 Å². The Kier molecular flexibility index (Phi) is 6.00. The Morgan fingerprint density at radius 1 is 1.24 bits per heavy atom. The predicted molar refractivity (Wildman–Crippen MR) is 110 cm³/mol. The summed E-state index contributed by atoms with van der Waals surface area (Å²) in [5, 5.41) is 4.74. The summed E-state index contributed by atoms with van der Waals surface area (Å²) >= 11 is 6.20. The van der Waals surface area contributed by atoms with E-state index in [4.69, 9.17) is 20.5 Å². The van der Waals surface area contributed by atoms with Crippen molar-refractivity contribution in [3.63, 3.8) is 0 Å². The van der Waals surface area contributed by atoms with Gasteiger partial charge >= 0.3 is 0 Å². The summed E-state index contributed by atoms with van der Waals surface area (Å²) in [6.07, 6.45) is 7.58. The van der Waals surface area contributed by atoms with Crippen LogP contribution in [-0.4, -0.2) is 33.5 Å². The minimum absolute atomic E-state index is 0.0769. The van der Waals surface area contributed by atoms with Crippen LogP contribution in [0.15, 0.2) is 45.5 Å². The Morgan fingerprint density at radius 3 is 2.79 bits per heavy atom. The molecule has 2 aromatic heterocycles. The average molecular weight is 414 g/mol. The van der Waals surface area contributed by atoms with Crippen molar-refractivity contribution in [1.29, 1.82) is 0 Å². The van der Waals surface area contributed by atoms with Crippen molar-refractivity contribution in [2.75, 3.05) is 6.54 Å². The van der Waals surface area contributed by atoms with Crippen molar-refractivity contribution in [3.05, 3.63) is 58.8 Å². The zero-order valence-corrected chi connectivity index (χ0v) is 17.2. The molecule has 152 valence electrons. The second-order valence-electron chi connectivity index (χ2n) is 7.49. The molecule has 2 heterocycles. The van der Waals surface area contributed by atoms with Gasteiger partial charge in [0.25, 0.3) is 5.91 Å². The zero-order valence-electron chi connectivity index (χ0n) is 16.4. The second kappa shape index (κ2) is 8.82. The molecular formula is C22H24ClN3O3. The van der Waals surface area contributed by atoms with Crippen LogP contribution < -0.4 is 0 Å². The number of benzene rings is 1. The fourth-order valence-electron chi connectivity index (χ4n) is 3.81. The van der Waals surface area contributed by atoms with E-state index < -0.39 is 0 Å². The van der Waals surface area contributed by atoms with Gasteiger partial charge in [0.15, 0.2) is 5.76 Å². The SMILES string of the molecule is Cc1ccc(-c2noc(CCN(C(=O)c3ccco3)C3CCCCC3)n2)cc1Cl. The lowest BCUT2D eigenvalue weighted by Gasteiger charge is -2.33. The highest BCUT2D eigenvalue weighted by atomic mass is 35.5. The second-order valence-corrected chi connectivity index (χ2v) is 7.90. The van der Waals surface area contributed by atoms with Crippen LogP contribution in [0.2, 0.25) is 5.02 Å². The fourth-order valence-corrected chi connectivity index (χ4v) is 3.99. The summed E-state index contributed by atoms with van der Waals surface area (Å²) < 4.78 is 10.8. The molecular weight excluding hydrogens is 390 g/mol. The zero-order chi connectivity index (χ0) is 20.2. The van der Waals surface area contributed by atoms with Crippen molar-refractivity contribution in [3.8, 4) is 11.4 Å². The Bertz CT molecular complexity index is 962. The maximum Gasteiger partial charge on any atom is 0.289 e. The summed E-state index contributed by atoms with van der Waals surface area (Å²) in [5.41, 5.74) is 1.81. The largest absolute Gasteiger partial charge is 0.459 e. The Balaban J connectivity index is 1.48. The van der Waals surface area contributed by atoms with E-state index in [2.05, 4.69) is 10.1 Å². The summed E-state index contributed by atoms with van der Waals surface area (Å²) in [4.78, 5) is 19.4. The summed E-state index contributed by atoms with van der Waals surface area (Å²) in [5.74, 6) is 1.30. The number of furan rings is 1. The Morgan fingerprint density at radius 2 is 2.07 bits per heavy atom. The average Bonchev–Trinajstić information content (AvgIpc) is 3.43. The van der Waals surface area contributed by atoms with E-state index in [1.807, 2.05) is 30.0 Å². The Labute approximate surface area is 174 Å². The van der Waals surface area contributed by atoms with E-state index in [1.54, 1.807) is 12.1 Å². The number of carbonyl (C=O) groups is 1. The van der Waals surface area contributed by atoms with Gasteiger partial charge in [-0.05, 0) is 43.5 Å². The van der Waals surface area contributed by atoms with Gasteiger partial charge < -0.3 is 13.8 Å². The summed E-state index contributed by atoms with van der Waals surface area (Å²) in [6.45, 7) is 2.46. The standard InChI is InChI=1S/C22H24ClN3O3/c1-15-9-10-16(14-18(15)23)21-24-20(29-25-21)11-12-26(17-6-3-2-4-7-17)22(27)19-8-5-13-28-19/h5,8-10,13-14,17H,2-4,6-7,11-12H2,1H3. The lowest BCUT2D eigenvalue weighted by atomic mass is 9.94. The van der Waals surface area contributed by atoms with E-state index >= 15 is 0 Å². The van der Waals surface area contributed by atoms with Gasteiger partial charge in [0.05, 0.1) is 6.26 Å². The molecule has 0 N–H and O–H groups in total. The van der Waals surface area contributed by atoms with Crippen molar-refractivity contribution in [2.45, 2.75) is 51.5 Å². The van der Waals surface area contributed by atoms with Crippen LogP contribution in [0.5, 0.6) is 0 Å². The molecule has 29 heavy (non-hydrogen) atoms. The molecule has 6 nitrogen and oxygen atoms in total. The van der Waals surface area contributed by atoms with Gasteiger partial charge in [-0.15, -0.1) is 0 Å². The van der Waals surface area contributed by atoms with Gasteiger partial charge in [0.1, 0.15) is 0 Å². The van der Waals surface area contributed by atoms with Crippen LogP contribution >= 0.6 is 11.6 Å². The molecule has 1 aromatic carbocycles. The van der Waals surface area contributed by atoms with E-state index in [1.165, 1.54) is 12.7 Å². The molecule has 0 spiro atoms. The molecule has 0 unspecified atom stereocenters. The van der Waals surface area contributed by atoms with Gasteiger partial charge in [-0.2, -0.15) is 4.98 Å². The number of rotatable bonds is 6. The number of aromatic nitrogens is 2. The molecule has 1 amide bonds. The number of hydrogen-bond acceptors (Lipinski definition) is 5. The van der Waals surface area contributed by atoms with Crippen molar-refractivity contribution in [2.24, 2.45) is 0 Å². The molecule has 0 atom stereocenters. The van der Waals surface area contributed by atoms with Crippen LogP contribution in [0.25, 0.3) is 11.4 Å². The predicted octanol–water partition coefficient (Wildman–Crippen LogP) is 5.31. The first-order valence-corrected chi connectivity index (χ1v) is 10.4. The number of amides is 1. The number of hydrogen-bond donors (Lipinski definition) is 0. The third-order valence-corrected chi connectivity index (χ3v) is 5.88. The monoisotopic (exact) mass is 413 g/mol. The molecule has 1 aliphatic rings. The summed E-state index contributed by atoms with van der Waals surface area (Å²) in [7, 11) is 0. The molecule has 7 heteroatoms. The maximum absolute atomic E-state index is 13.0. The highest BCUT2D eigenvalue weighted by Gasteiger charge is 2.28. The molecule has 1 saturated carbocycles. The van der Waals surface area contributed by atoms with E-state index in [0.717, 1.165) is 36.8 Å². The molecule has 0 bridgehead atoms. The quantitative estimate of drug-likeness (QED) is 0.547. The Hall–Kier alpha value is -2.60. The number of carbonyl (C=O) groups excluding carboxylic acids is 1. The number of aryl methyl sites for hydroxylation is 1. The number of halogens is 1. The van der Waals surface area contributed by atoms with Crippen molar-refractivity contribution in [1.82, 2.24) is 15.0 Å². The van der Waals surface area contributed by atoms with Crippen LogP contribution in [0.3, 0.4) is 0 Å². The van der Waals surface area contributed by atoms with E-state index in [9.17, 15) is 4.79 Å². The minimum Gasteiger partial charge on any atom is -0.459 e. The van der Waals surface area contributed by atoms with Crippen LogP contribution in [0, 0.1) is 6.92 Å². The highest BCUT2D eigenvalue weighted by Crippen LogP contribution is 2.26. The van der Waals surface area contributed by atoms with Crippen molar-refractivity contribution >= 4 is 17.5 Å².